The van der Waals surface area contributed by atoms with Crippen molar-refractivity contribution in [3.63, 3.8) is 0 Å². The molecule has 0 saturated heterocycles. The Balaban J connectivity index is 1.92. The number of carbonyl (C=O) groups is 1. The fourth-order valence-corrected chi connectivity index (χ4v) is 1.87. The van der Waals surface area contributed by atoms with Crippen LogP contribution >= 0.6 is 0 Å². The van der Waals surface area contributed by atoms with Gasteiger partial charge in [-0.2, -0.15) is 0 Å². The molecular formula is C16H17FN2O. The van der Waals surface area contributed by atoms with Gasteiger partial charge in [0.05, 0.1) is 6.20 Å². The van der Waals surface area contributed by atoms with Crippen molar-refractivity contribution in [1.29, 1.82) is 0 Å². The third-order valence-corrected chi connectivity index (χ3v) is 3.16. The van der Waals surface area contributed by atoms with Gasteiger partial charge in [0.25, 0.3) is 0 Å². The molecule has 1 aromatic heterocycles. The number of Topliss-reactive ketones (excluding diaryl/α,β-unsaturated/α-hetero) is 1. The lowest BCUT2D eigenvalue weighted by molar-refractivity contribution is 0.0980. The van der Waals surface area contributed by atoms with E-state index in [0.29, 0.717) is 18.7 Å². The molecule has 0 amide bonds. The van der Waals surface area contributed by atoms with Gasteiger partial charge in [-0.15, -0.1) is 0 Å². The van der Waals surface area contributed by atoms with Crippen LogP contribution in [0, 0.1) is 12.7 Å². The Morgan fingerprint density at radius 3 is 2.50 bits per heavy atom. The van der Waals surface area contributed by atoms with Crippen molar-refractivity contribution in [2.45, 2.75) is 13.3 Å². The van der Waals surface area contributed by atoms with E-state index in [4.69, 9.17) is 0 Å². The molecule has 0 atom stereocenters. The molecule has 104 valence electrons. The highest BCUT2D eigenvalue weighted by atomic mass is 19.1. The maximum absolute atomic E-state index is 12.7. The molecule has 0 fully saturated rings. The van der Waals surface area contributed by atoms with Crippen molar-refractivity contribution in [3.8, 4) is 0 Å². The van der Waals surface area contributed by atoms with Crippen molar-refractivity contribution in [1.82, 2.24) is 4.98 Å². The van der Waals surface area contributed by atoms with Crippen LogP contribution in [0.3, 0.4) is 0 Å². The fraction of sp³-hybridized carbons (Fsp3) is 0.250. The smallest absolute Gasteiger partial charge is 0.182 e. The largest absolute Gasteiger partial charge is 0.374 e. The quantitative estimate of drug-likeness (QED) is 0.783. The normalized spacial score (nSPS) is 10.3. The molecule has 20 heavy (non-hydrogen) atoms. The number of nitrogens with zero attached hydrogens (tertiary/aromatic N) is 2. The molecular weight excluding hydrogens is 255 g/mol. The lowest BCUT2D eigenvalue weighted by atomic mass is 10.1. The highest BCUT2D eigenvalue weighted by Crippen LogP contribution is 2.14. The van der Waals surface area contributed by atoms with Gasteiger partial charge in [0.15, 0.2) is 5.78 Å². The average Bonchev–Trinajstić information content (AvgIpc) is 2.46. The first-order valence-corrected chi connectivity index (χ1v) is 6.49. The van der Waals surface area contributed by atoms with Gasteiger partial charge < -0.3 is 4.90 Å². The summed E-state index contributed by atoms with van der Waals surface area (Å²) in [6, 6.07) is 10.8. The van der Waals surface area contributed by atoms with Crippen LogP contribution in [0.15, 0.2) is 42.6 Å². The van der Waals surface area contributed by atoms with E-state index in [1.807, 2.05) is 43.1 Å². The molecule has 0 bridgehead atoms. The highest BCUT2D eigenvalue weighted by molar-refractivity contribution is 5.94. The van der Waals surface area contributed by atoms with Crippen LogP contribution in [-0.4, -0.2) is 24.4 Å². The van der Waals surface area contributed by atoms with E-state index in [1.165, 1.54) is 17.7 Å². The monoisotopic (exact) mass is 272 g/mol. The fourth-order valence-electron chi connectivity index (χ4n) is 1.87. The Morgan fingerprint density at radius 1 is 1.20 bits per heavy atom. The molecule has 0 radical (unpaired) electrons. The van der Waals surface area contributed by atoms with E-state index >= 15 is 0 Å². The molecule has 3 nitrogen and oxygen atoms in total. The van der Waals surface area contributed by atoms with Gasteiger partial charge in [0.1, 0.15) is 11.5 Å². The van der Waals surface area contributed by atoms with Crippen molar-refractivity contribution >= 4 is 11.5 Å². The maximum atomic E-state index is 12.7. The average molecular weight is 272 g/mol. The Morgan fingerprint density at radius 2 is 1.90 bits per heavy atom. The number of hydrogen-bond donors (Lipinski definition) is 0. The number of aryl methyl sites for hydroxylation is 1. The molecule has 0 N–H and O–H groups in total. The predicted octanol–water partition coefficient (Wildman–Crippen LogP) is 3.24. The zero-order valence-electron chi connectivity index (χ0n) is 11.6. The highest BCUT2D eigenvalue weighted by Gasteiger charge is 2.09. The maximum Gasteiger partial charge on any atom is 0.182 e. The van der Waals surface area contributed by atoms with Gasteiger partial charge in [-0.1, -0.05) is 17.7 Å². The molecule has 1 heterocycles. The summed E-state index contributed by atoms with van der Waals surface area (Å²) in [4.78, 5) is 17.7. The number of aromatic nitrogens is 1. The Kier molecular flexibility index (Phi) is 4.45. The molecule has 2 aromatic rings. The molecule has 0 spiro atoms. The lowest BCUT2D eigenvalue weighted by Gasteiger charge is -2.18. The second-order valence-corrected chi connectivity index (χ2v) is 4.79. The van der Waals surface area contributed by atoms with Gasteiger partial charge in [-0.05, 0) is 31.2 Å². The van der Waals surface area contributed by atoms with Gasteiger partial charge in [0.2, 0.25) is 0 Å². The van der Waals surface area contributed by atoms with Crippen molar-refractivity contribution in [2.24, 2.45) is 0 Å². The molecule has 0 aliphatic rings. The summed E-state index contributed by atoms with van der Waals surface area (Å²) in [7, 11) is 1.94. The number of ketones is 1. The third-order valence-electron chi connectivity index (χ3n) is 3.16. The zero-order valence-corrected chi connectivity index (χ0v) is 11.6. The van der Waals surface area contributed by atoms with E-state index < -0.39 is 5.82 Å². The Labute approximate surface area is 118 Å². The summed E-state index contributed by atoms with van der Waals surface area (Å²) in [5, 5.41) is 0. The number of anilines is 1. The van der Waals surface area contributed by atoms with Gasteiger partial charge in [0, 0.05) is 25.7 Å². The lowest BCUT2D eigenvalue weighted by Crippen LogP contribution is -2.21. The molecule has 0 aliphatic heterocycles. The first kappa shape index (κ1) is 14.2. The van der Waals surface area contributed by atoms with Crippen LogP contribution < -0.4 is 4.90 Å². The standard InChI is InChI=1S/C16H17FN2O/c1-12-3-6-14(7-4-12)19(2)10-9-16(20)15-8-5-13(17)11-18-15/h3-8,11H,9-10H2,1-2H3. The van der Waals surface area contributed by atoms with Crippen molar-refractivity contribution < 1.29 is 9.18 Å². The van der Waals surface area contributed by atoms with Crippen molar-refractivity contribution in [3.05, 3.63) is 59.7 Å². The summed E-state index contributed by atoms with van der Waals surface area (Å²) in [5.41, 5.74) is 2.58. The first-order chi connectivity index (χ1) is 9.56. The van der Waals surface area contributed by atoms with Crippen LogP contribution in [0.2, 0.25) is 0 Å². The van der Waals surface area contributed by atoms with Gasteiger partial charge in [-0.25, -0.2) is 4.39 Å². The van der Waals surface area contributed by atoms with E-state index in [1.54, 1.807) is 0 Å². The van der Waals surface area contributed by atoms with Gasteiger partial charge in [-0.3, -0.25) is 9.78 Å². The summed E-state index contributed by atoms with van der Waals surface area (Å²) >= 11 is 0. The minimum atomic E-state index is -0.432. The second-order valence-electron chi connectivity index (χ2n) is 4.79. The minimum Gasteiger partial charge on any atom is -0.374 e. The molecule has 0 unspecified atom stereocenters. The number of halogens is 1. The number of rotatable bonds is 5. The number of benzene rings is 1. The van der Waals surface area contributed by atoms with Crippen LogP contribution in [0.25, 0.3) is 0 Å². The van der Waals surface area contributed by atoms with E-state index in [-0.39, 0.29) is 5.78 Å². The number of hydrogen-bond acceptors (Lipinski definition) is 3. The Hall–Kier alpha value is -2.23. The molecule has 0 saturated carbocycles. The molecule has 4 heteroatoms. The van der Waals surface area contributed by atoms with Gasteiger partial charge >= 0.3 is 0 Å². The van der Waals surface area contributed by atoms with Crippen LogP contribution in [0.5, 0.6) is 0 Å². The Bertz CT molecular complexity index is 578. The minimum absolute atomic E-state index is 0.0797. The van der Waals surface area contributed by atoms with E-state index in [0.717, 1.165) is 11.9 Å². The molecule has 0 aliphatic carbocycles. The third kappa shape index (κ3) is 3.63. The van der Waals surface area contributed by atoms with Crippen LogP contribution in [0.4, 0.5) is 10.1 Å². The first-order valence-electron chi connectivity index (χ1n) is 6.49. The summed E-state index contributed by atoms with van der Waals surface area (Å²) in [6.45, 7) is 2.63. The SMILES string of the molecule is Cc1ccc(N(C)CCC(=O)c2ccc(F)cn2)cc1. The molecule has 2 rings (SSSR count). The second kappa shape index (κ2) is 6.28. The summed E-state index contributed by atoms with van der Waals surface area (Å²) < 4.78 is 12.7. The summed E-state index contributed by atoms with van der Waals surface area (Å²) in [6.07, 6.45) is 1.42. The number of carbonyl (C=O) groups excluding carboxylic acids is 1. The van der Waals surface area contributed by atoms with Crippen LogP contribution in [0.1, 0.15) is 22.5 Å². The number of pyridine rings is 1. The topological polar surface area (TPSA) is 33.2 Å². The zero-order chi connectivity index (χ0) is 14.5. The van der Waals surface area contributed by atoms with E-state index in [9.17, 15) is 9.18 Å². The van der Waals surface area contributed by atoms with Crippen molar-refractivity contribution in [2.75, 3.05) is 18.5 Å². The van der Waals surface area contributed by atoms with Crippen LogP contribution in [-0.2, 0) is 0 Å². The predicted molar refractivity (Wildman–Crippen MR) is 77.6 cm³/mol. The van der Waals surface area contributed by atoms with E-state index in [2.05, 4.69) is 4.98 Å². The molecule has 1 aromatic carbocycles. The summed E-state index contributed by atoms with van der Waals surface area (Å²) in [5.74, 6) is -0.512.